The molecule has 21 heavy (non-hydrogen) atoms. The molecule has 0 aliphatic heterocycles. The average Bonchev–Trinajstić information content (AvgIpc) is 2.42. The SMILES string of the molecule is C=CCC(C)(C)NC(=O)c1ccc2c(F)c(F)ccc2c1. The summed E-state index contributed by atoms with van der Waals surface area (Å²) in [6.07, 6.45) is 2.37. The highest BCUT2D eigenvalue weighted by Gasteiger charge is 2.20. The molecule has 0 atom stereocenters. The lowest BCUT2D eigenvalue weighted by atomic mass is 9.99. The second-order valence-corrected chi connectivity index (χ2v) is 5.63. The third-order valence-electron chi connectivity index (χ3n) is 3.28. The second kappa shape index (κ2) is 5.64. The fourth-order valence-corrected chi connectivity index (χ4v) is 2.20. The van der Waals surface area contributed by atoms with Crippen molar-refractivity contribution in [2.75, 3.05) is 0 Å². The van der Waals surface area contributed by atoms with Crippen LogP contribution >= 0.6 is 0 Å². The van der Waals surface area contributed by atoms with Crippen molar-refractivity contribution in [1.29, 1.82) is 0 Å². The number of nitrogens with one attached hydrogen (secondary N) is 1. The molecule has 2 rings (SSSR count). The summed E-state index contributed by atoms with van der Waals surface area (Å²) in [5, 5.41) is 3.54. The van der Waals surface area contributed by atoms with Gasteiger partial charge in [-0.3, -0.25) is 4.79 Å². The maximum atomic E-state index is 13.6. The van der Waals surface area contributed by atoms with Crippen molar-refractivity contribution >= 4 is 16.7 Å². The Morgan fingerprint density at radius 2 is 2.00 bits per heavy atom. The number of amides is 1. The lowest BCUT2D eigenvalue weighted by Gasteiger charge is -2.24. The molecule has 2 aromatic carbocycles. The highest BCUT2D eigenvalue weighted by Crippen LogP contribution is 2.22. The molecule has 0 saturated carbocycles. The summed E-state index contributed by atoms with van der Waals surface area (Å²) in [7, 11) is 0. The molecule has 110 valence electrons. The molecule has 1 amide bonds. The van der Waals surface area contributed by atoms with Crippen LogP contribution in [0.2, 0.25) is 0 Å². The van der Waals surface area contributed by atoms with Crippen molar-refractivity contribution in [2.24, 2.45) is 0 Å². The summed E-state index contributed by atoms with van der Waals surface area (Å²) in [6, 6.07) is 6.98. The molecule has 0 saturated heterocycles. The van der Waals surface area contributed by atoms with E-state index in [0.29, 0.717) is 17.4 Å². The van der Waals surface area contributed by atoms with Crippen LogP contribution in [0.1, 0.15) is 30.6 Å². The molecule has 0 radical (unpaired) electrons. The molecule has 0 fully saturated rings. The first-order valence-corrected chi connectivity index (χ1v) is 6.65. The number of hydrogen-bond acceptors (Lipinski definition) is 1. The highest BCUT2D eigenvalue weighted by molar-refractivity contribution is 5.99. The van der Waals surface area contributed by atoms with E-state index in [1.54, 1.807) is 12.1 Å². The monoisotopic (exact) mass is 289 g/mol. The molecule has 0 aliphatic carbocycles. The van der Waals surface area contributed by atoms with E-state index in [4.69, 9.17) is 0 Å². The van der Waals surface area contributed by atoms with Crippen molar-refractivity contribution in [3.05, 3.63) is 60.2 Å². The Bertz CT molecular complexity index is 707. The number of rotatable bonds is 4. The number of fused-ring (bicyclic) bond motifs is 1. The Hall–Kier alpha value is -2.23. The lowest BCUT2D eigenvalue weighted by Crippen LogP contribution is -2.42. The fourth-order valence-electron chi connectivity index (χ4n) is 2.20. The normalized spacial score (nSPS) is 11.4. The largest absolute Gasteiger partial charge is 0.347 e. The molecule has 0 heterocycles. The number of carbonyl (C=O) groups is 1. The first kappa shape index (κ1) is 15.2. The molecule has 0 spiro atoms. The fraction of sp³-hybridized carbons (Fsp3) is 0.235. The molecule has 0 unspecified atom stereocenters. The molecule has 0 bridgehead atoms. The van der Waals surface area contributed by atoms with Gasteiger partial charge < -0.3 is 5.32 Å². The molecule has 0 aromatic heterocycles. The molecule has 1 N–H and O–H groups in total. The van der Waals surface area contributed by atoms with Crippen molar-refractivity contribution in [3.63, 3.8) is 0 Å². The zero-order valence-electron chi connectivity index (χ0n) is 12.0. The minimum atomic E-state index is -0.897. The van der Waals surface area contributed by atoms with Crippen LogP contribution < -0.4 is 5.32 Å². The summed E-state index contributed by atoms with van der Waals surface area (Å²) in [5.74, 6) is -2.05. The van der Waals surface area contributed by atoms with Gasteiger partial charge >= 0.3 is 0 Å². The lowest BCUT2D eigenvalue weighted by molar-refractivity contribution is 0.0914. The van der Waals surface area contributed by atoms with Crippen LogP contribution in [-0.4, -0.2) is 11.4 Å². The predicted octanol–water partition coefficient (Wildman–Crippen LogP) is 4.20. The zero-order chi connectivity index (χ0) is 15.6. The molecule has 2 aromatic rings. The molecule has 2 nitrogen and oxygen atoms in total. The number of halogens is 2. The smallest absolute Gasteiger partial charge is 0.251 e. The Balaban J connectivity index is 2.33. The number of benzene rings is 2. The molecular formula is C17H17F2NO. The van der Waals surface area contributed by atoms with Gasteiger partial charge in [0.05, 0.1) is 0 Å². The number of carbonyl (C=O) groups excluding carboxylic acids is 1. The Morgan fingerprint density at radius 3 is 2.67 bits per heavy atom. The number of hydrogen-bond donors (Lipinski definition) is 1. The third kappa shape index (κ3) is 3.27. The van der Waals surface area contributed by atoms with Crippen molar-refractivity contribution < 1.29 is 13.6 Å². The zero-order valence-corrected chi connectivity index (χ0v) is 12.0. The van der Waals surface area contributed by atoms with Crippen molar-refractivity contribution in [1.82, 2.24) is 5.32 Å². The van der Waals surface area contributed by atoms with E-state index in [9.17, 15) is 13.6 Å². The van der Waals surface area contributed by atoms with Crippen molar-refractivity contribution in [2.45, 2.75) is 25.8 Å². The minimum Gasteiger partial charge on any atom is -0.347 e. The summed E-state index contributed by atoms with van der Waals surface area (Å²) >= 11 is 0. The van der Waals surface area contributed by atoms with Crippen LogP contribution in [0.25, 0.3) is 10.8 Å². The summed E-state index contributed by atoms with van der Waals surface area (Å²) in [5.41, 5.74) is -0.00684. The van der Waals surface area contributed by atoms with Gasteiger partial charge in [0.15, 0.2) is 11.6 Å². The van der Waals surface area contributed by atoms with Crippen molar-refractivity contribution in [3.8, 4) is 0 Å². The molecular weight excluding hydrogens is 272 g/mol. The van der Waals surface area contributed by atoms with E-state index in [0.717, 1.165) is 6.07 Å². The van der Waals surface area contributed by atoms with Gasteiger partial charge in [-0.1, -0.05) is 18.2 Å². The molecule has 4 heteroatoms. The van der Waals surface area contributed by atoms with Gasteiger partial charge in [-0.2, -0.15) is 0 Å². The van der Waals surface area contributed by atoms with Crippen LogP contribution in [0, 0.1) is 11.6 Å². The van der Waals surface area contributed by atoms with Gasteiger partial charge in [-0.05, 0) is 43.9 Å². The Labute approximate surface area is 122 Å². The Morgan fingerprint density at radius 1 is 1.29 bits per heavy atom. The predicted molar refractivity (Wildman–Crippen MR) is 80.2 cm³/mol. The van der Waals surface area contributed by atoms with E-state index < -0.39 is 17.2 Å². The van der Waals surface area contributed by atoms with Crippen LogP contribution in [0.15, 0.2) is 43.0 Å². The van der Waals surface area contributed by atoms with Gasteiger partial charge in [0.25, 0.3) is 5.91 Å². The topological polar surface area (TPSA) is 29.1 Å². The third-order valence-corrected chi connectivity index (χ3v) is 3.28. The van der Waals surface area contributed by atoms with E-state index in [1.165, 1.54) is 18.2 Å². The summed E-state index contributed by atoms with van der Waals surface area (Å²) in [4.78, 5) is 12.2. The maximum absolute atomic E-state index is 13.6. The van der Waals surface area contributed by atoms with Crippen LogP contribution in [0.5, 0.6) is 0 Å². The van der Waals surface area contributed by atoms with E-state index in [2.05, 4.69) is 11.9 Å². The second-order valence-electron chi connectivity index (χ2n) is 5.63. The van der Waals surface area contributed by atoms with Gasteiger partial charge in [-0.25, -0.2) is 8.78 Å². The van der Waals surface area contributed by atoms with Crippen LogP contribution in [0.3, 0.4) is 0 Å². The highest BCUT2D eigenvalue weighted by atomic mass is 19.2. The minimum absolute atomic E-state index is 0.164. The average molecular weight is 289 g/mol. The maximum Gasteiger partial charge on any atom is 0.251 e. The standard InChI is InChI=1S/C17H17F2NO/c1-4-9-17(2,3)20-16(21)12-5-7-13-11(10-12)6-8-14(18)15(13)19/h4-8,10H,1,9H2,2-3H3,(H,20,21). The van der Waals surface area contributed by atoms with E-state index in [1.807, 2.05) is 13.8 Å². The molecule has 0 aliphatic rings. The summed E-state index contributed by atoms with van der Waals surface area (Å²) in [6.45, 7) is 7.44. The van der Waals surface area contributed by atoms with Gasteiger partial charge in [0.2, 0.25) is 0 Å². The first-order chi connectivity index (χ1) is 9.84. The van der Waals surface area contributed by atoms with Gasteiger partial charge in [0.1, 0.15) is 0 Å². The van der Waals surface area contributed by atoms with Crippen LogP contribution in [0.4, 0.5) is 8.78 Å². The van der Waals surface area contributed by atoms with Gasteiger partial charge in [-0.15, -0.1) is 6.58 Å². The van der Waals surface area contributed by atoms with Gasteiger partial charge in [0, 0.05) is 16.5 Å². The van der Waals surface area contributed by atoms with Crippen LogP contribution in [-0.2, 0) is 0 Å². The van der Waals surface area contributed by atoms with E-state index >= 15 is 0 Å². The first-order valence-electron chi connectivity index (χ1n) is 6.65. The van der Waals surface area contributed by atoms with E-state index in [-0.39, 0.29) is 11.3 Å². The summed E-state index contributed by atoms with van der Waals surface area (Å²) < 4.78 is 26.8. The Kier molecular flexibility index (Phi) is 4.07. The quantitative estimate of drug-likeness (QED) is 0.840.